The topological polar surface area (TPSA) is 73.2 Å². The molecule has 154 valence electrons. The normalized spacial score (nSPS) is 11.6. The van der Waals surface area contributed by atoms with Crippen LogP contribution in [0.3, 0.4) is 0 Å². The lowest BCUT2D eigenvalue weighted by Gasteiger charge is -2.18. The second-order valence-corrected chi connectivity index (χ2v) is 7.86. The number of aryl methyl sites for hydroxylation is 2. The number of benzene rings is 3. The number of aromatic hydroxyl groups is 1. The Bertz CT molecular complexity index is 1380. The summed E-state index contributed by atoms with van der Waals surface area (Å²) in [6, 6.07) is 20.4. The summed E-state index contributed by atoms with van der Waals surface area (Å²) in [4.78, 5) is 11.1. The Morgan fingerprint density at radius 1 is 0.806 bits per heavy atom. The monoisotopic (exact) mass is 411 g/mol. The molecule has 0 bridgehead atoms. The molecule has 0 unspecified atom stereocenters. The highest BCUT2D eigenvalue weighted by Gasteiger charge is 2.28. The van der Waals surface area contributed by atoms with E-state index >= 15 is 0 Å². The summed E-state index contributed by atoms with van der Waals surface area (Å²) in [5, 5.41) is 24.4. The predicted octanol–water partition coefficient (Wildman–Crippen LogP) is 5.46. The summed E-state index contributed by atoms with van der Waals surface area (Å²) in [6.07, 6.45) is 4.10. The van der Waals surface area contributed by atoms with Crippen molar-refractivity contribution in [3.8, 4) is 5.75 Å². The van der Waals surface area contributed by atoms with Gasteiger partial charge in [-0.25, -0.2) is 0 Å². The Labute approximate surface area is 178 Å². The largest absolute Gasteiger partial charge is 0.508 e. The van der Waals surface area contributed by atoms with Gasteiger partial charge in [0.25, 0.3) is 5.69 Å². The Hall–Kier alpha value is -4.06. The van der Waals surface area contributed by atoms with E-state index in [9.17, 15) is 15.2 Å². The number of nitro benzene ring substituents is 1. The fourth-order valence-corrected chi connectivity index (χ4v) is 4.60. The number of phenols is 1. The summed E-state index contributed by atoms with van der Waals surface area (Å²) in [7, 11) is 3.97. The lowest BCUT2D eigenvalue weighted by atomic mass is 9.84. The molecule has 31 heavy (non-hydrogen) atoms. The molecule has 0 saturated carbocycles. The van der Waals surface area contributed by atoms with Crippen molar-refractivity contribution in [3.63, 3.8) is 0 Å². The summed E-state index contributed by atoms with van der Waals surface area (Å²) < 4.78 is 4.11. The zero-order valence-corrected chi connectivity index (χ0v) is 17.2. The quantitative estimate of drug-likeness (QED) is 0.315. The van der Waals surface area contributed by atoms with Gasteiger partial charge in [-0.15, -0.1) is 0 Å². The van der Waals surface area contributed by atoms with Crippen molar-refractivity contribution < 1.29 is 10.0 Å². The molecule has 5 aromatic rings. The van der Waals surface area contributed by atoms with E-state index < -0.39 is 4.92 Å². The number of hydrogen-bond donors (Lipinski definition) is 1. The van der Waals surface area contributed by atoms with Crippen molar-refractivity contribution in [1.29, 1.82) is 0 Å². The maximum atomic E-state index is 11.5. The molecule has 0 amide bonds. The van der Waals surface area contributed by atoms with Gasteiger partial charge < -0.3 is 14.2 Å². The molecule has 5 rings (SSSR count). The van der Waals surface area contributed by atoms with Gasteiger partial charge in [0.1, 0.15) is 5.75 Å². The molecule has 0 spiro atoms. The summed E-state index contributed by atoms with van der Waals surface area (Å²) >= 11 is 0. The smallest absolute Gasteiger partial charge is 0.270 e. The zero-order chi connectivity index (χ0) is 21.7. The molecule has 0 aliphatic carbocycles. The Morgan fingerprint density at radius 2 is 1.32 bits per heavy atom. The molecular weight excluding hydrogens is 390 g/mol. The third-order valence-electron chi connectivity index (χ3n) is 6.01. The number of phenolic OH excluding ortho intramolecular Hbond substituents is 1. The number of nitro groups is 1. The van der Waals surface area contributed by atoms with Crippen molar-refractivity contribution in [1.82, 2.24) is 9.13 Å². The Kier molecular flexibility index (Phi) is 4.29. The van der Waals surface area contributed by atoms with E-state index in [1.807, 2.05) is 50.5 Å². The van der Waals surface area contributed by atoms with Gasteiger partial charge in [-0.05, 0) is 29.3 Å². The van der Waals surface area contributed by atoms with E-state index in [1.54, 1.807) is 0 Å². The van der Waals surface area contributed by atoms with E-state index in [1.165, 1.54) is 18.2 Å². The van der Waals surface area contributed by atoms with Crippen molar-refractivity contribution in [3.05, 3.63) is 106 Å². The Morgan fingerprint density at radius 3 is 1.84 bits per heavy atom. The van der Waals surface area contributed by atoms with E-state index in [-0.39, 0.29) is 17.4 Å². The van der Waals surface area contributed by atoms with Gasteiger partial charge in [0.05, 0.1) is 4.92 Å². The van der Waals surface area contributed by atoms with Crippen LogP contribution in [0.5, 0.6) is 5.75 Å². The SMILES string of the molecule is Cn1cc(C(c2cc([N+](=O)[O-])ccc2O)c2cn(C)c3ccccc23)c2ccccc21. The number of fused-ring (bicyclic) bond motifs is 2. The van der Waals surface area contributed by atoms with Gasteiger partial charge in [-0.3, -0.25) is 10.1 Å². The van der Waals surface area contributed by atoms with Crippen LogP contribution < -0.4 is 0 Å². The molecule has 2 aromatic heterocycles. The number of rotatable bonds is 4. The zero-order valence-electron chi connectivity index (χ0n) is 17.2. The van der Waals surface area contributed by atoms with Crippen LogP contribution in [0.1, 0.15) is 22.6 Å². The summed E-state index contributed by atoms with van der Waals surface area (Å²) in [5.74, 6) is -0.339. The highest BCUT2D eigenvalue weighted by atomic mass is 16.6. The number of para-hydroxylation sites is 2. The molecule has 0 aliphatic heterocycles. The van der Waals surface area contributed by atoms with Gasteiger partial charge in [0.15, 0.2) is 0 Å². The average molecular weight is 411 g/mol. The lowest BCUT2D eigenvalue weighted by molar-refractivity contribution is -0.384. The third kappa shape index (κ3) is 2.95. The van der Waals surface area contributed by atoms with Crippen LogP contribution in [0.15, 0.2) is 79.1 Å². The van der Waals surface area contributed by atoms with Crippen LogP contribution in [0.2, 0.25) is 0 Å². The van der Waals surface area contributed by atoms with Crippen LogP contribution in [-0.4, -0.2) is 19.2 Å². The molecule has 0 fully saturated rings. The van der Waals surface area contributed by atoms with Crippen molar-refractivity contribution in [2.45, 2.75) is 5.92 Å². The highest BCUT2D eigenvalue weighted by molar-refractivity contribution is 5.90. The minimum atomic E-state index is -0.424. The van der Waals surface area contributed by atoms with Crippen LogP contribution in [0.25, 0.3) is 21.8 Å². The fourth-order valence-electron chi connectivity index (χ4n) is 4.60. The average Bonchev–Trinajstić information content (AvgIpc) is 3.28. The highest BCUT2D eigenvalue weighted by Crippen LogP contribution is 2.44. The number of non-ortho nitro benzene ring substituents is 1. The third-order valence-corrected chi connectivity index (χ3v) is 6.01. The molecule has 6 nitrogen and oxygen atoms in total. The molecule has 1 N–H and O–H groups in total. The molecule has 0 aliphatic rings. The van der Waals surface area contributed by atoms with Gasteiger partial charge in [-0.2, -0.15) is 0 Å². The fraction of sp³-hybridized carbons (Fsp3) is 0.120. The van der Waals surface area contributed by atoms with E-state index in [4.69, 9.17) is 0 Å². The van der Waals surface area contributed by atoms with Gasteiger partial charge in [0, 0.05) is 71.9 Å². The molecule has 2 heterocycles. The second-order valence-electron chi connectivity index (χ2n) is 7.86. The summed E-state index contributed by atoms with van der Waals surface area (Å²) in [5.41, 5.74) is 4.58. The first-order valence-corrected chi connectivity index (χ1v) is 10.0. The lowest BCUT2D eigenvalue weighted by Crippen LogP contribution is -2.04. The molecule has 0 radical (unpaired) electrons. The predicted molar refractivity (Wildman–Crippen MR) is 122 cm³/mol. The molecular formula is C25H21N3O3. The van der Waals surface area contributed by atoms with Crippen molar-refractivity contribution >= 4 is 27.5 Å². The summed E-state index contributed by atoms with van der Waals surface area (Å²) in [6.45, 7) is 0. The maximum absolute atomic E-state index is 11.5. The molecule has 3 aromatic carbocycles. The second kappa shape index (κ2) is 7.02. The standard InChI is InChI=1S/C25H21N3O3/c1-26-14-20(17-7-3-5-9-22(17)26)25(19-13-16(28(30)31)11-12-24(19)29)21-15-27(2)23-10-6-4-8-18(21)23/h3-15,25,29H,1-2H3. The van der Waals surface area contributed by atoms with E-state index in [0.29, 0.717) is 5.56 Å². The van der Waals surface area contributed by atoms with Crippen molar-refractivity contribution in [2.75, 3.05) is 0 Å². The van der Waals surface area contributed by atoms with Crippen LogP contribution in [0, 0.1) is 10.1 Å². The van der Waals surface area contributed by atoms with Crippen molar-refractivity contribution in [2.24, 2.45) is 14.1 Å². The Balaban J connectivity index is 1.88. The van der Waals surface area contributed by atoms with Gasteiger partial charge in [-0.1, -0.05) is 36.4 Å². The van der Waals surface area contributed by atoms with E-state index in [2.05, 4.69) is 33.7 Å². The first kappa shape index (κ1) is 18.9. The number of nitrogens with zero attached hydrogens (tertiary/aromatic N) is 3. The van der Waals surface area contributed by atoms with Gasteiger partial charge in [0.2, 0.25) is 0 Å². The van der Waals surface area contributed by atoms with Crippen LogP contribution in [0.4, 0.5) is 5.69 Å². The minimum absolute atomic E-state index is 0.0384. The molecule has 0 atom stereocenters. The minimum Gasteiger partial charge on any atom is -0.508 e. The maximum Gasteiger partial charge on any atom is 0.270 e. The molecule has 0 saturated heterocycles. The van der Waals surface area contributed by atoms with Gasteiger partial charge >= 0.3 is 0 Å². The first-order valence-electron chi connectivity index (χ1n) is 10.0. The number of hydrogen-bond acceptors (Lipinski definition) is 3. The van der Waals surface area contributed by atoms with Crippen LogP contribution in [-0.2, 0) is 14.1 Å². The number of aromatic nitrogens is 2. The first-order chi connectivity index (χ1) is 15.0. The van der Waals surface area contributed by atoms with Crippen LogP contribution >= 0.6 is 0 Å². The van der Waals surface area contributed by atoms with E-state index in [0.717, 1.165) is 32.9 Å². The molecule has 6 heteroatoms.